The van der Waals surface area contributed by atoms with Gasteiger partial charge in [-0.1, -0.05) is 13.0 Å². The quantitative estimate of drug-likeness (QED) is 0.492. The van der Waals surface area contributed by atoms with E-state index in [1.165, 1.54) is 11.1 Å². The van der Waals surface area contributed by atoms with E-state index < -0.39 is 0 Å². The van der Waals surface area contributed by atoms with Crippen molar-refractivity contribution in [3.8, 4) is 0 Å². The first-order valence-electron chi connectivity index (χ1n) is 5.74. The minimum absolute atomic E-state index is 0. The maximum absolute atomic E-state index is 5.84. The average molecular weight is 345 g/mol. The number of hydrogen-bond donors (Lipinski definition) is 2. The van der Waals surface area contributed by atoms with Crippen molar-refractivity contribution < 1.29 is 0 Å². The maximum atomic E-state index is 5.84. The number of nitrogens with zero attached hydrogens (tertiary/aromatic N) is 1. The lowest BCUT2D eigenvalue weighted by Gasteiger charge is -2.07. The number of halogens is 1. The van der Waals surface area contributed by atoms with Crippen LogP contribution in [0.3, 0.4) is 0 Å². The molecule has 2 unspecified atom stereocenters. The van der Waals surface area contributed by atoms with Crippen LogP contribution in [0.4, 0.5) is 5.69 Å². The third kappa shape index (κ3) is 3.87. The van der Waals surface area contributed by atoms with Crippen LogP contribution in [0.15, 0.2) is 23.2 Å². The molecule has 0 radical (unpaired) electrons. The summed E-state index contributed by atoms with van der Waals surface area (Å²) in [4.78, 5) is 4.40. The fourth-order valence-electron chi connectivity index (χ4n) is 1.66. The van der Waals surface area contributed by atoms with Gasteiger partial charge >= 0.3 is 0 Å². The molecule has 0 heterocycles. The van der Waals surface area contributed by atoms with Gasteiger partial charge in [-0.15, -0.1) is 24.0 Å². The number of nitrogens with two attached hydrogens (primary N) is 1. The largest absolute Gasteiger partial charge is 0.370 e. The van der Waals surface area contributed by atoms with Gasteiger partial charge in [0.25, 0.3) is 0 Å². The van der Waals surface area contributed by atoms with Gasteiger partial charge in [0.05, 0.1) is 6.04 Å². The van der Waals surface area contributed by atoms with E-state index in [0.717, 1.165) is 12.1 Å². The molecule has 1 aromatic carbocycles. The Balaban J connectivity index is 0.00000144. The zero-order valence-corrected chi connectivity index (χ0v) is 12.9. The van der Waals surface area contributed by atoms with Crippen molar-refractivity contribution in [2.24, 2.45) is 16.6 Å². The summed E-state index contributed by atoms with van der Waals surface area (Å²) >= 11 is 0. The summed E-state index contributed by atoms with van der Waals surface area (Å²) in [5.74, 6) is 1.22. The molecule has 0 aromatic heterocycles. The van der Waals surface area contributed by atoms with Gasteiger partial charge in [-0.3, -0.25) is 0 Å². The second-order valence-electron chi connectivity index (χ2n) is 4.72. The molecule has 1 aliphatic rings. The summed E-state index contributed by atoms with van der Waals surface area (Å²) in [6.07, 6.45) is 1.16. The molecular formula is C13H20IN3. The minimum atomic E-state index is 0. The summed E-state index contributed by atoms with van der Waals surface area (Å²) in [7, 11) is 0. The molecule has 0 amide bonds. The standard InChI is InChI=1S/C13H19N3.HI/c1-8-4-5-11(6-9(8)2)15-13(14)16-12-7-10(12)3;/h4-6,10,12H,7H2,1-3H3,(H3,14,15,16);1H. The second kappa shape index (κ2) is 5.71. The molecule has 17 heavy (non-hydrogen) atoms. The number of nitrogens with one attached hydrogen (secondary N) is 1. The normalized spacial score (nSPS) is 22.9. The second-order valence-corrected chi connectivity index (χ2v) is 4.72. The number of aliphatic imine (C=N–C) groups is 1. The Morgan fingerprint density at radius 1 is 1.35 bits per heavy atom. The number of aryl methyl sites for hydroxylation is 2. The molecule has 1 saturated carbocycles. The van der Waals surface area contributed by atoms with E-state index >= 15 is 0 Å². The summed E-state index contributed by atoms with van der Waals surface area (Å²) in [5, 5.41) is 3.13. The van der Waals surface area contributed by atoms with Crippen molar-refractivity contribution in [2.75, 3.05) is 5.32 Å². The van der Waals surface area contributed by atoms with Crippen LogP contribution >= 0.6 is 24.0 Å². The first-order valence-corrected chi connectivity index (χ1v) is 5.74. The minimum Gasteiger partial charge on any atom is -0.370 e. The molecule has 1 aromatic rings. The van der Waals surface area contributed by atoms with E-state index in [2.05, 4.69) is 43.2 Å². The lowest BCUT2D eigenvalue weighted by atomic mass is 10.1. The number of benzene rings is 1. The predicted octanol–water partition coefficient (Wildman–Crippen LogP) is 3.06. The fourth-order valence-corrected chi connectivity index (χ4v) is 1.66. The van der Waals surface area contributed by atoms with Gasteiger partial charge < -0.3 is 11.1 Å². The molecule has 0 spiro atoms. The number of hydrogen-bond acceptors (Lipinski definition) is 1. The van der Waals surface area contributed by atoms with Crippen molar-refractivity contribution in [3.63, 3.8) is 0 Å². The topological polar surface area (TPSA) is 50.4 Å². The third-order valence-corrected chi connectivity index (χ3v) is 3.15. The van der Waals surface area contributed by atoms with Crippen LogP contribution in [-0.4, -0.2) is 12.0 Å². The first kappa shape index (κ1) is 14.3. The van der Waals surface area contributed by atoms with Crippen molar-refractivity contribution >= 4 is 35.6 Å². The van der Waals surface area contributed by atoms with E-state index in [1.807, 2.05) is 6.07 Å². The molecule has 0 aliphatic heterocycles. The van der Waals surface area contributed by atoms with Crippen molar-refractivity contribution in [1.82, 2.24) is 0 Å². The van der Waals surface area contributed by atoms with Crippen molar-refractivity contribution in [3.05, 3.63) is 29.3 Å². The number of anilines is 1. The molecule has 1 aliphatic carbocycles. The molecular weight excluding hydrogens is 325 g/mol. The summed E-state index contributed by atoms with van der Waals surface area (Å²) in [6, 6.07) is 6.64. The third-order valence-electron chi connectivity index (χ3n) is 3.15. The van der Waals surface area contributed by atoms with Gasteiger partial charge in [-0.05, 0) is 49.4 Å². The Kier molecular flexibility index (Phi) is 4.80. The molecule has 0 saturated heterocycles. The van der Waals surface area contributed by atoms with Crippen LogP contribution in [0.5, 0.6) is 0 Å². The van der Waals surface area contributed by atoms with Crippen LogP contribution in [0.1, 0.15) is 24.5 Å². The van der Waals surface area contributed by atoms with Gasteiger partial charge in [0.2, 0.25) is 0 Å². The SMILES string of the molecule is Cc1ccc(NC(N)=NC2CC2C)cc1C.I. The molecule has 0 bridgehead atoms. The van der Waals surface area contributed by atoms with Gasteiger partial charge in [0.15, 0.2) is 5.96 Å². The van der Waals surface area contributed by atoms with Gasteiger partial charge in [-0.2, -0.15) is 0 Å². The predicted molar refractivity (Wildman–Crippen MR) is 84.1 cm³/mol. The van der Waals surface area contributed by atoms with E-state index in [1.54, 1.807) is 0 Å². The van der Waals surface area contributed by atoms with Crippen LogP contribution in [0.2, 0.25) is 0 Å². The highest BCUT2D eigenvalue weighted by Crippen LogP contribution is 2.32. The lowest BCUT2D eigenvalue weighted by Crippen LogP contribution is -2.23. The first-order chi connectivity index (χ1) is 7.56. The molecule has 3 nitrogen and oxygen atoms in total. The molecule has 94 valence electrons. The van der Waals surface area contributed by atoms with Crippen molar-refractivity contribution in [1.29, 1.82) is 0 Å². The Morgan fingerprint density at radius 3 is 2.53 bits per heavy atom. The van der Waals surface area contributed by atoms with Gasteiger partial charge in [0, 0.05) is 5.69 Å². The molecule has 2 atom stereocenters. The summed E-state index contributed by atoms with van der Waals surface area (Å²) < 4.78 is 0. The monoisotopic (exact) mass is 345 g/mol. The summed E-state index contributed by atoms with van der Waals surface area (Å²) in [6.45, 7) is 6.39. The average Bonchev–Trinajstić information content (AvgIpc) is 2.88. The molecule has 1 fully saturated rings. The van der Waals surface area contributed by atoms with E-state index in [4.69, 9.17) is 5.73 Å². The smallest absolute Gasteiger partial charge is 0.193 e. The highest BCUT2D eigenvalue weighted by molar-refractivity contribution is 14.0. The zero-order chi connectivity index (χ0) is 11.7. The molecule has 2 rings (SSSR count). The summed E-state index contributed by atoms with van der Waals surface area (Å²) in [5.41, 5.74) is 9.40. The van der Waals surface area contributed by atoms with Crippen LogP contribution in [-0.2, 0) is 0 Å². The Labute approximate surface area is 120 Å². The van der Waals surface area contributed by atoms with Gasteiger partial charge in [0.1, 0.15) is 0 Å². The zero-order valence-electron chi connectivity index (χ0n) is 10.5. The van der Waals surface area contributed by atoms with E-state index in [9.17, 15) is 0 Å². The van der Waals surface area contributed by atoms with E-state index in [0.29, 0.717) is 17.9 Å². The lowest BCUT2D eigenvalue weighted by molar-refractivity contribution is 0.893. The molecule has 3 N–H and O–H groups in total. The number of guanidine groups is 1. The fraction of sp³-hybridized carbons (Fsp3) is 0.462. The van der Waals surface area contributed by atoms with Crippen LogP contribution in [0, 0.1) is 19.8 Å². The van der Waals surface area contributed by atoms with Gasteiger partial charge in [-0.25, -0.2) is 4.99 Å². The molecule has 4 heteroatoms. The highest BCUT2D eigenvalue weighted by atomic mass is 127. The van der Waals surface area contributed by atoms with Crippen LogP contribution < -0.4 is 11.1 Å². The highest BCUT2D eigenvalue weighted by Gasteiger charge is 2.32. The Bertz CT molecular complexity index is 429. The number of rotatable bonds is 2. The Hall–Kier alpha value is -0.780. The van der Waals surface area contributed by atoms with E-state index in [-0.39, 0.29) is 24.0 Å². The van der Waals surface area contributed by atoms with Crippen LogP contribution in [0.25, 0.3) is 0 Å². The van der Waals surface area contributed by atoms with Crippen molar-refractivity contribution in [2.45, 2.75) is 33.2 Å². The maximum Gasteiger partial charge on any atom is 0.193 e. The Morgan fingerprint density at radius 2 is 2.00 bits per heavy atom.